The van der Waals surface area contributed by atoms with Crippen molar-refractivity contribution in [1.82, 2.24) is 0 Å². The van der Waals surface area contributed by atoms with Gasteiger partial charge in [-0.3, -0.25) is 0 Å². The van der Waals surface area contributed by atoms with Crippen LogP contribution in [-0.4, -0.2) is 13.1 Å². The summed E-state index contributed by atoms with van der Waals surface area (Å²) >= 11 is 3.54. The maximum atomic E-state index is 8.82. The Labute approximate surface area is 105 Å². The van der Waals surface area contributed by atoms with Crippen LogP contribution in [0.1, 0.15) is 31.2 Å². The molecule has 0 heterocycles. The number of hydrogen-bond acceptors (Lipinski definition) is 2. The van der Waals surface area contributed by atoms with E-state index < -0.39 is 0 Å². The van der Waals surface area contributed by atoms with Gasteiger partial charge in [0, 0.05) is 17.6 Å². The van der Waals surface area contributed by atoms with Crippen molar-refractivity contribution >= 4 is 21.6 Å². The van der Waals surface area contributed by atoms with Crippen LogP contribution in [0.15, 0.2) is 22.7 Å². The molecular formula is C13H15BrN2. The van der Waals surface area contributed by atoms with Gasteiger partial charge < -0.3 is 4.90 Å². The smallest absolute Gasteiger partial charge is 0.0992 e. The SMILES string of the molecule is CN(c1ccc(C#N)cc1Br)C1CCCC1. The van der Waals surface area contributed by atoms with Gasteiger partial charge in [-0.25, -0.2) is 0 Å². The predicted molar refractivity (Wildman–Crippen MR) is 69.5 cm³/mol. The van der Waals surface area contributed by atoms with E-state index in [1.807, 2.05) is 18.2 Å². The standard InChI is InChI=1S/C13H15BrN2/c1-16(11-4-2-3-5-11)13-7-6-10(9-15)8-12(13)14/h6-8,11H,2-5H2,1H3. The Hall–Kier alpha value is -1.01. The van der Waals surface area contributed by atoms with Gasteiger partial charge in [-0.15, -0.1) is 0 Å². The zero-order chi connectivity index (χ0) is 11.5. The summed E-state index contributed by atoms with van der Waals surface area (Å²) in [4.78, 5) is 2.33. The average Bonchev–Trinajstić information content (AvgIpc) is 2.81. The Bertz CT molecular complexity index is 416. The van der Waals surface area contributed by atoms with Gasteiger partial charge in [-0.2, -0.15) is 5.26 Å². The first-order chi connectivity index (χ1) is 7.72. The van der Waals surface area contributed by atoms with Crippen LogP contribution in [-0.2, 0) is 0 Å². The molecule has 84 valence electrons. The van der Waals surface area contributed by atoms with Crippen molar-refractivity contribution in [2.24, 2.45) is 0 Å². The molecule has 16 heavy (non-hydrogen) atoms. The summed E-state index contributed by atoms with van der Waals surface area (Å²) in [6.07, 6.45) is 5.23. The molecule has 1 aromatic carbocycles. The van der Waals surface area contributed by atoms with Gasteiger partial charge in [-0.05, 0) is 47.0 Å². The molecule has 1 aliphatic carbocycles. The zero-order valence-electron chi connectivity index (χ0n) is 9.41. The Kier molecular flexibility index (Phi) is 3.50. The Morgan fingerprint density at radius 3 is 2.62 bits per heavy atom. The summed E-state index contributed by atoms with van der Waals surface area (Å²) in [7, 11) is 2.14. The second-order valence-electron chi connectivity index (χ2n) is 4.33. The molecule has 0 aromatic heterocycles. The van der Waals surface area contributed by atoms with E-state index in [1.165, 1.54) is 31.4 Å². The first kappa shape index (κ1) is 11.5. The highest BCUT2D eigenvalue weighted by Gasteiger charge is 2.21. The molecule has 2 nitrogen and oxygen atoms in total. The zero-order valence-corrected chi connectivity index (χ0v) is 11.0. The largest absolute Gasteiger partial charge is 0.371 e. The van der Waals surface area contributed by atoms with Crippen molar-refractivity contribution in [2.75, 3.05) is 11.9 Å². The van der Waals surface area contributed by atoms with Gasteiger partial charge in [0.15, 0.2) is 0 Å². The molecule has 0 N–H and O–H groups in total. The molecule has 1 fully saturated rings. The molecule has 0 amide bonds. The number of nitrogens with zero attached hydrogens (tertiary/aromatic N) is 2. The molecule has 0 spiro atoms. The molecule has 0 saturated heterocycles. The van der Waals surface area contributed by atoms with Crippen molar-refractivity contribution in [2.45, 2.75) is 31.7 Å². The number of benzene rings is 1. The third kappa shape index (κ3) is 2.22. The third-order valence-electron chi connectivity index (χ3n) is 3.33. The highest BCUT2D eigenvalue weighted by Crippen LogP contribution is 2.32. The van der Waals surface area contributed by atoms with Crippen LogP contribution in [0.4, 0.5) is 5.69 Å². The summed E-state index contributed by atoms with van der Waals surface area (Å²) in [5.41, 5.74) is 1.89. The van der Waals surface area contributed by atoms with E-state index in [4.69, 9.17) is 5.26 Å². The highest BCUT2D eigenvalue weighted by molar-refractivity contribution is 9.10. The summed E-state index contributed by atoms with van der Waals surface area (Å²) < 4.78 is 1.01. The fourth-order valence-corrected chi connectivity index (χ4v) is 3.01. The minimum atomic E-state index is 0.657. The van der Waals surface area contributed by atoms with Crippen LogP contribution in [0.25, 0.3) is 0 Å². The highest BCUT2D eigenvalue weighted by atomic mass is 79.9. The Morgan fingerprint density at radius 2 is 2.06 bits per heavy atom. The number of rotatable bonds is 2. The third-order valence-corrected chi connectivity index (χ3v) is 3.96. The predicted octanol–water partition coefficient (Wildman–Crippen LogP) is 3.70. The average molecular weight is 279 g/mol. The molecule has 2 rings (SSSR count). The number of anilines is 1. The van der Waals surface area contributed by atoms with E-state index >= 15 is 0 Å². The number of hydrogen-bond donors (Lipinski definition) is 0. The topological polar surface area (TPSA) is 27.0 Å². The van der Waals surface area contributed by atoms with Crippen LogP contribution in [0, 0.1) is 11.3 Å². The minimum absolute atomic E-state index is 0.657. The van der Waals surface area contributed by atoms with Crippen LogP contribution in [0.3, 0.4) is 0 Å². The second kappa shape index (κ2) is 4.88. The van der Waals surface area contributed by atoms with Gasteiger partial charge >= 0.3 is 0 Å². The molecule has 0 atom stereocenters. The Balaban J connectivity index is 2.23. The van der Waals surface area contributed by atoms with Crippen molar-refractivity contribution in [3.63, 3.8) is 0 Å². The van der Waals surface area contributed by atoms with Gasteiger partial charge in [0.05, 0.1) is 17.3 Å². The molecular weight excluding hydrogens is 264 g/mol. The maximum absolute atomic E-state index is 8.82. The van der Waals surface area contributed by atoms with Crippen molar-refractivity contribution in [3.8, 4) is 6.07 Å². The molecule has 1 saturated carbocycles. The van der Waals surface area contributed by atoms with Gasteiger partial charge in [0.25, 0.3) is 0 Å². The van der Waals surface area contributed by atoms with Crippen LogP contribution in [0.5, 0.6) is 0 Å². The normalized spacial score (nSPS) is 16.1. The number of halogens is 1. The van der Waals surface area contributed by atoms with E-state index in [9.17, 15) is 0 Å². The minimum Gasteiger partial charge on any atom is -0.371 e. The van der Waals surface area contributed by atoms with E-state index in [-0.39, 0.29) is 0 Å². The van der Waals surface area contributed by atoms with Gasteiger partial charge in [0.2, 0.25) is 0 Å². The van der Waals surface area contributed by atoms with Crippen molar-refractivity contribution < 1.29 is 0 Å². The van der Waals surface area contributed by atoms with Crippen LogP contribution in [0.2, 0.25) is 0 Å². The van der Waals surface area contributed by atoms with E-state index in [2.05, 4.69) is 33.9 Å². The van der Waals surface area contributed by atoms with Crippen LogP contribution >= 0.6 is 15.9 Å². The summed E-state index contributed by atoms with van der Waals surface area (Å²) in [6, 6.07) is 8.61. The summed E-state index contributed by atoms with van der Waals surface area (Å²) in [6.45, 7) is 0. The molecule has 3 heteroatoms. The molecule has 1 aliphatic rings. The molecule has 0 radical (unpaired) electrons. The van der Waals surface area contributed by atoms with E-state index in [0.717, 1.165) is 4.47 Å². The van der Waals surface area contributed by atoms with E-state index in [1.54, 1.807) is 0 Å². The lowest BCUT2D eigenvalue weighted by Gasteiger charge is -2.27. The summed E-state index contributed by atoms with van der Waals surface area (Å²) in [5.74, 6) is 0. The first-order valence-electron chi connectivity index (χ1n) is 5.65. The monoisotopic (exact) mass is 278 g/mol. The van der Waals surface area contributed by atoms with Gasteiger partial charge in [-0.1, -0.05) is 12.8 Å². The van der Waals surface area contributed by atoms with E-state index in [0.29, 0.717) is 11.6 Å². The molecule has 0 bridgehead atoms. The lowest BCUT2D eigenvalue weighted by atomic mass is 10.1. The van der Waals surface area contributed by atoms with Crippen LogP contribution < -0.4 is 4.90 Å². The van der Waals surface area contributed by atoms with Crippen molar-refractivity contribution in [3.05, 3.63) is 28.2 Å². The fourth-order valence-electron chi connectivity index (χ4n) is 2.35. The molecule has 1 aromatic rings. The number of nitriles is 1. The maximum Gasteiger partial charge on any atom is 0.0992 e. The summed E-state index contributed by atoms with van der Waals surface area (Å²) in [5, 5.41) is 8.82. The first-order valence-corrected chi connectivity index (χ1v) is 6.44. The lowest BCUT2D eigenvalue weighted by Crippen LogP contribution is -2.28. The fraction of sp³-hybridized carbons (Fsp3) is 0.462. The Morgan fingerprint density at radius 1 is 1.38 bits per heavy atom. The lowest BCUT2D eigenvalue weighted by molar-refractivity contribution is 0.652. The quantitative estimate of drug-likeness (QED) is 0.825. The molecule has 0 unspecified atom stereocenters. The van der Waals surface area contributed by atoms with Gasteiger partial charge in [0.1, 0.15) is 0 Å². The molecule has 0 aliphatic heterocycles. The second-order valence-corrected chi connectivity index (χ2v) is 5.18. The van der Waals surface area contributed by atoms with Crippen molar-refractivity contribution in [1.29, 1.82) is 5.26 Å².